The molecular formula is C8H10O2S. The van der Waals surface area contributed by atoms with Crippen molar-refractivity contribution in [3.05, 3.63) is 22.4 Å². The van der Waals surface area contributed by atoms with Gasteiger partial charge < -0.3 is 5.11 Å². The van der Waals surface area contributed by atoms with Gasteiger partial charge in [0.15, 0.2) is 5.78 Å². The molecule has 11 heavy (non-hydrogen) atoms. The number of Topliss-reactive ketones (excluding diaryl/α,β-unsaturated/α-hetero) is 1. The summed E-state index contributed by atoms with van der Waals surface area (Å²) in [5.74, 6) is 0.133. The van der Waals surface area contributed by atoms with Gasteiger partial charge in [-0.1, -0.05) is 6.07 Å². The lowest BCUT2D eigenvalue weighted by atomic mass is 10.2. The number of thiophene rings is 1. The van der Waals surface area contributed by atoms with Crippen LogP contribution in [0, 0.1) is 0 Å². The van der Waals surface area contributed by atoms with Crippen LogP contribution in [0.2, 0.25) is 0 Å². The molecule has 1 rings (SSSR count). The smallest absolute Gasteiger partial charge is 0.172 e. The first-order chi connectivity index (χ1) is 5.34. The van der Waals surface area contributed by atoms with E-state index >= 15 is 0 Å². The van der Waals surface area contributed by atoms with E-state index in [1.54, 1.807) is 0 Å². The van der Waals surface area contributed by atoms with Gasteiger partial charge >= 0.3 is 0 Å². The molecule has 1 aromatic rings. The molecule has 0 aliphatic carbocycles. The van der Waals surface area contributed by atoms with Crippen LogP contribution in [-0.4, -0.2) is 17.5 Å². The minimum absolute atomic E-state index is 0.0944. The van der Waals surface area contributed by atoms with Crippen molar-refractivity contribution in [3.63, 3.8) is 0 Å². The average molecular weight is 170 g/mol. The molecule has 0 amide bonds. The summed E-state index contributed by atoms with van der Waals surface area (Å²) in [6, 6.07) is 3.67. The summed E-state index contributed by atoms with van der Waals surface area (Å²) in [5, 5.41) is 10.3. The number of ketones is 1. The molecule has 1 heterocycles. The molecule has 0 aromatic carbocycles. The van der Waals surface area contributed by atoms with Crippen LogP contribution in [0.3, 0.4) is 0 Å². The van der Waals surface area contributed by atoms with Crippen LogP contribution in [0.25, 0.3) is 0 Å². The summed E-state index contributed by atoms with van der Waals surface area (Å²) in [6.45, 7) is 0.0944. The van der Waals surface area contributed by atoms with Crippen molar-refractivity contribution in [2.45, 2.75) is 12.8 Å². The number of aliphatic hydroxyl groups excluding tert-OH is 1. The normalized spacial score (nSPS) is 9.91. The fourth-order valence-electron chi connectivity index (χ4n) is 0.800. The maximum atomic E-state index is 11.2. The van der Waals surface area contributed by atoms with Gasteiger partial charge in [0.25, 0.3) is 0 Å². The van der Waals surface area contributed by atoms with Crippen molar-refractivity contribution < 1.29 is 9.90 Å². The van der Waals surface area contributed by atoms with E-state index in [1.807, 2.05) is 17.5 Å². The van der Waals surface area contributed by atoms with Crippen molar-refractivity contribution in [3.8, 4) is 0 Å². The number of hydrogen-bond acceptors (Lipinski definition) is 3. The number of carbonyl (C=O) groups excluding carboxylic acids is 1. The van der Waals surface area contributed by atoms with Gasteiger partial charge in [-0.15, -0.1) is 11.3 Å². The molecule has 0 unspecified atom stereocenters. The van der Waals surface area contributed by atoms with Crippen LogP contribution in [0.15, 0.2) is 17.5 Å². The minimum Gasteiger partial charge on any atom is -0.396 e. The van der Waals surface area contributed by atoms with Crippen molar-refractivity contribution in [2.75, 3.05) is 6.61 Å². The standard InChI is InChI=1S/C8H10O2S/c9-5-1-3-7(10)8-4-2-6-11-8/h2,4,6,9H,1,3,5H2. The van der Waals surface area contributed by atoms with E-state index in [9.17, 15) is 4.79 Å². The zero-order valence-corrected chi connectivity index (χ0v) is 6.93. The Labute approximate surface area is 69.5 Å². The lowest BCUT2D eigenvalue weighted by Crippen LogP contribution is -1.96. The molecule has 0 radical (unpaired) electrons. The van der Waals surface area contributed by atoms with Crippen LogP contribution in [-0.2, 0) is 0 Å². The highest BCUT2D eigenvalue weighted by Crippen LogP contribution is 2.11. The van der Waals surface area contributed by atoms with Gasteiger partial charge in [0.1, 0.15) is 0 Å². The van der Waals surface area contributed by atoms with Crippen LogP contribution in [0.4, 0.5) is 0 Å². The molecule has 60 valence electrons. The zero-order chi connectivity index (χ0) is 8.10. The highest BCUT2D eigenvalue weighted by molar-refractivity contribution is 7.12. The van der Waals surface area contributed by atoms with E-state index in [2.05, 4.69) is 0 Å². The molecule has 0 saturated carbocycles. The Hall–Kier alpha value is -0.670. The van der Waals surface area contributed by atoms with E-state index in [0.29, 0.717) is 12.8 Å². The summed E-state index contributed by atoms with van der Waals surface area (Å²) in [4.78, 5) is 12.0. The number of hydrogen-bond donors (Lipinski definition) is 1. The summed E-state index contributed by atoms with van der Waals surface area (Å²) in [6.07, 6.45) is 1.02. The van der Waals surface area contributed by atoms with Crippen LogP contribution >= 0.6 is 11.3 Å². The van der Waals surface area contributed by atoms with Gasteiger partial charge in [0, 0.05) is 13.0 Å². The fourth-order valence-corrected chi connectivity index (χ4v) is 1.49. The van der Waals surface area contributed by atoms with Crippen LogP contribution < -0.4 is 0 Å². The number of aliphatic hydroxyl groups is 1. The van der Waals surface area contributed by atoms with Gasteiger partial charge in [0.2, 0.25) is 0 Å². The van der Waals surface area contributed by atoms with Gasteiger partial charge in [0.05, 0.1) is 4.88 Å². The molecule has 0 bridgehead atoms. The summed E-state index contributed by atoms with van der Waals surface area (Å²) < 4.78 is 0. The summed E-state index contributed by atoms with van der Waals surface area (Å²) in [7, 11) is 0. The Kier molecular flexibility index (Phi) is 3.26. The minimum atomic E-state index is 0.0944. The predicted molar refractivity (Wildman–Crippen MR) is 45.0 cm³/mol. The predicted octanol–water partition coefficient (Wildman–Crippen LogP) is 1.70. The number of carbonyl (C=O) groups is 1. The Morgan fingerprint density at radius 2 is 2.45 bits per heavy atom. The molecule has 0 fully saturated rings. The second-order valence-corrected chi connectivity index (χ2v) is 3.18. The van der Waals surface area contributed by atoms with E-state index in [1.165, 1.54) is 11.3 Å². The molecule has 0 saturated heterocycles. The van der Waals surface area contributed by atoms with Gasteiger partial charge in [-0.2, -0.15) is 0 Å². The summed E-state index contributed by atoms with van der Waals surface area (Å²) >= 11 is 1.45. The largest absolute Gasteiger partial charge is 0.396 e. The highest BCUT2D eigenvalue weighted by atomic mass is 32.1. The van der Waals surface area contributed by atoms with Crippen molar-refractivity contribution in [1.29, 1.82) is 0 Å². The quantitative estimate of drug-likeness (QED) is 0.698. The van der Waals surface area contributed by atoms with E-state index in [4.69, 9.17) is 5.11 Å². The van der Waals surface area contributed by atoms with Crippen LogP contribution in [0.1, 0.15) is 22.5 Å². The average Bonchev–Trinajstić information content (AvgIpc) is 2.52. The maximum absolute atomic E-state index is 11.2. The highest BCUT2D eigenvalue weighted by Gasteiger charge is 2.04. The fraction of sp³-hybridized carbons (Fsp3) is 0.375. The molecule has 0 aliphatic heterocycles. The third-order valence-electron chi connectivity index (χ3n) is 1.36. The first kappa shape index (κ1) is 8.43. The molecule has 1 aromatic heterocycles. The monoisotopic (exact) mass is 170 g/mol. The van der Waals surface area contributed by atoms with E-state index in [-0.39, 0.29) is 12.4 Å². The Morgan fingerprint density at radius 3 is 3.00 bits per heavy atom. The lowest BCUT2D eigenvalue weighted by Gasteiger charge is -1.93. The number of rotatable bonds is 4. The van der Waals surface area contributed by atoms with E-state index in [0.717, 1.165) is 4.88 Å². The Balaban J connectivity index is 2.43. The second-order valence-electron chi connectivity index (χ2n) is 2.23. The molecule has 1 N–H and O–H groups in total. The molecular weight excluding hydrogens is 160 g/mol. The Morgan fingerprint density at radius 1 is 1.64 bits per heavy atom. The van der Waals surface area contributed by atoms with Gasteiger partial charge in [-0.3, -0.25) is 4.79 Å². The van der Waals surface area contributed by atoms with Crippen molar-refractivity contribution in [2.24, 2.45) is 0 Å². The molecule has 0 spiro atoms. The summed E-state index contributed by atoms with van der Waals surface area (Å²) in [5.41, 5.74) is 0. The molecule has 0 atom stereocenters. The molecule has 2 nitrogen and oxygen atoms in total. The van der Waals surface area contributed by atoms with Gasteiger partial charge in [-0.05, 0) is 17.9 Å². The second kappa shape index (κ2) is 4.26. The molecule has 0 aliphatic rings. The van der Waals surface area contributed by atoms with Crippen molar-refractivity contribution in [1.82, 2.24) is 0 Å². The van der Waals surface area contributed by atoms with E-state index < -0.39 is 0 Å². The Bertz CT molecular complexity index is 216. The SMILES string of the molecule is O=C(CCCO)c1cccs1. The third kappa shape index (κ3) is 2.44. The maximum Gasteiger partial charge on any atom is 0.172 e. The van der Waals surface area contributed by atoms with Crippen molar-refractivity contribution >= 4 is 17.1 Å². The van der Waals surface area contributed by atoms with Crippen LogP contribution in [0.5, 0.6) is 0 Å². The first-order valence-electron chi connectivity index (χ1n) is 3.52. The third-order valence-corrected chi connectivity index (χ3v) is 2.27. The lowest BCUT2D eigenvalue weighted by molar-refractivity contribution is 0.0975. The molecule has 3 heteroatoms. The van der Waals surface area contributed by atoms with Gasteiger partial charge in [-0.25, -0.2) is 0 Å². The topological polar surface area (TPSA) is 37.3 Å². The zero-order valence-electron chi connectivity index (χ0n) is 6.12. The first-order valence-corrected chi connectivity index (χ1v) is 4.40.